The van der Waals surface area contributed by atoms with Crippen LogP contribution < -0.4 is 11.1 Å². The first-order valence-electron chi connectivity index (χ1n) is 6.74. The highest BCUT2D eigenvalue weighted by atomic mass is 32.1. The van der Waals surface area contributed by atoms with E-state index in [-0.39, 0.29) is 0 Å². The molecule has 0 fully saturated rings. The molecule has 2 aromatic rings. The lowest BCUT2D eigenvalue weighted by Crippen LogP contribution is -2.33. The summed E-state index contributed by atoms with van der Waals surface area (Å²) in [5, 5.41) is 4.19. The van der Waals surface area contributed by atoms with Crippen molar-refractivity contribution >= 4 is 26.7 Å². The fraction of sp³-hybridized carbons (Fsp3) is 0.533. The zero-order chi connectivity index (χ0) is 14.0. The molecular formula is C15H23N3S. The highest BCUT2D eigenvalue weighted by molar-refractivity contribution is 7.22. The molecule has 2 rings (SSSR count). The van der Waals surface area contributed by atoms with Crippen molar-refractivity contribution in [1.82, 2.24) is 10.3 Å². The van der Waals surface area contributed by atoms with E-state index in [1.54, 1.807) is 11.3 Å². The van der Waals surface area contributed by atoms with Gasteiger partial charge < -0.3 is 11.1 Å². The molecule has 0 radical (unpaired) electrons. The van der Waals surface area contributed by atoms with Crippen LogP contribution in [0.25, 0.3) is 10.2 Å². The summed E-state index contributed by atoms with van der Waals surface area (Å²) in [4.78, 5) is 4.27. The van der Waals surface area contributed by atoms with Crippen LogP contribution in [0, 0.1) is 11.3 Å². The van der Waals surface area contributed by atoms with Crippen LogP contribution in [0.1, 0.15) is 33.3 Å². The lowest BCUT2D eigenvalue weighted by atomic mass is 9.81. The van der Waals surface area contributed by atoms with Gasteiger partial charge in [0.15, 0.2) is 5.13 Å². The minimum atomic E-state index is 0.318. The van der Waals surface area contributed by atoms with Crippen LogP contribution in [0.15, 0.2) is 18.2 Å². The summed E-state index contributed by atoms with van der Waals surface area (Å²) < 4.78 is 1.17. The first kappa shape index (κ1) is 14.3. The molecule has 0 saturated heterocycles. The topological polar surface area (TPSA) is 50.9 Å². The lowest BCUT2D eigenvalue weighted by molar-refractivity contribution is 0.238. The Kier molecular flexibility index (Phi) is 4.11. The smallest absolute Gasteiger partial charge is 0.181 e. The molecule has 0 aliphatic carbocycles. The highest BCUT2D eigenvalue weighted by Gasteiger charge is 2.21. The minimum absolute atomic E-state index is 0.318. The Bertz CT molecular complexity index is 558. The van der Waals surface area contributed by atoms with Crippen molar-refractivity contribution in [3.05, 3.63) is 23.8 Å². The molecule has 3 N–H and O–H groups in total. The second kappa shape index (κ2) is 5.47. The molecular weight excluding hydrogens is 254 g/mol. The van der Waals surface area contributed by atoms with Crippen molar-refractivity contribution in [1.29, 1.82) is 0 Å². The number of rotatable bonds is 5. The van der Waals surface area contributed by atoms with Gasteiger partial charge in [0.25, 0.3) is 0 Å². The Morgan fingerprint density at radius 3 is 2.79 bits per heavy atom. The molecule has 19 heavy (non-hydrogen) atoms. The van der Waals surface area contributed by atoms with E-state index in [9.17, 15) is 0 Å². The number of nitrogens with one attached hydrogen (secondary N) is 1. The van der Waals surface area contributed by atoms with Crippen LogP contribution in [0.2, 0.25) is 0 Å². The molecule has 3 nitrogen and oxygen atoms in total. The summed E-state index contributed by atoms with van der Waals surface area (Å²) in [5.41, 5.74) is 8.32. The Morgan fingerprint density at radius 2 is 2.11 bits per heavy atom. The van der Waals surface area contributed by atoms with Gasteiger partial charge in [0.2, 0.25) is 0 Å². The maximum atomic E-state index is 5.72. The van der Waals surface area contributed by atoms with Crippen LogP contribution in [-0.2, 0) is 6.54 Å². The molecule has 1 heterocycles. The number of aromatic nitrogens is 1. The van der Waals surface area contributed by atoms with Crippen molar-refractivity contribution in [3.63, 3.8) is 0 Å². The third-order valence-corrected chi connectivity index (χ3v) is 4.79. The van der Waals surface area contributed by atoms with E-state index in [2.05, 4.69) is 50.1 Å². The molecule has 0 amide bonds. The van der Waals surface area contributed by atoms with E-state index >= 15 is 0 Å². The second-order valence-corrected chi connectivity index (χ2v) is 7.16. The average molecular weight is 277 g/mol. The quantitative estimate of drug-likeness (QED) is 0.877. The fourth-order valence-corrected chi connectivity index (χ4v) is 2.63. The van der Waals surface area contributed by atoms with Crippen LogP contribution in [0.5, 0.6) is 0 Å². The lowest BCUT2D eigenvalue weighted by Gasteiger charge is -2.29. The van der Waals surface area contributed by atoms with Gasteiger partial charge in [-0.3, -0.25) is 0 Å². The van der Waals surface area contributed by atoms with Crippen molar-refractivity contribution in [3.8, 4) is 0 Å². The van der Waals surface area contributed by atoms with Crippen LogP contribution >= 0.6 is 11.3 Å². The molecule has 0 atom stereocenters. The van der Waals surface area contributed by atoms with Crippen molar-refractivity contribution in [2.24, 2.45) is 11.3 Å². The van der Waals surface area contributed by atoms with Gasteiger partial charge in [-0.15, -0.1) is 0 Å². The molecule has 1 aromatic heterocycles. The van der Waals surface area contributed by atoms with Crippen LogP contribution in [0.3, 0.4) is 0 Å². The Balaban J connectivity index is 1.98. The number of thiazole rings is 1. The summed E-state index contributed by atoms with van der Waals surface area (Å²) in [6.45, 7) is 11.1. The van der Waals surface area contributed by atoms with Gasteiger partial charge in [-0.25, -0.2) is 4.98 Å². The SMILES string of the molecule is CC(C)C(C)(C)CNCc1ccc2nc(N)sc2c1. The maximum Gasteiger partial charge on any atom is 0.181 e. The summed E-state index contributed by atoms with van der Waals surface area (Å²) in [6, 6.07) is 6.35. The molecule has 1 aromatic carbocycles. The second-order valence-electron chi connectivity index (χ2n) is 6.10. The molecule has 104 valence electrons. The summed E-state index contributed by atoms with van der Waals surface area (Å²) in [7, 11) is 0. The molecule has 0 bridgehead atoms. The predicted molar refractivity (Wildman–Crippen MR) is 84.4 cm³/mol. The van der Waals surface area contributed by atoms with E-state index < -0.39 is 0 Å². The Labute approximate surface area is 119 Å². The molecule has 0 spiro atoms. The first-order valence-corrected chi connectivity index (χ1v) is 7.56. The van der Waals surface area contributed by atoms with E-state index in [1.165, 1.54) is 10.3 Å². The maximum absolute atomic E-state index is 5.72. The van der Waals surface area contributed by atoms with Crippen molar-refractivity contribution in [2.45, 2.75) is 34.2 Å². The number of nitrogen functional groups attached to an aromatic ring is 1. The van der Waals surface area contributed by atoms with E-state index in [0.717, 1.165) is 18.6 Å². The number of hydrogen-bond donors (Lipinski definition) is 2. The zero-order valence-electron chi connectivity index (χ0n) is 12.2. The zero-order valence-corrected chi connectivity index (χ0v) is 13.0. The monoisotopic (exact) mass is 277 g/mol. The fourth-order valence-electron chi connectivity index (χ4n) is 1.83. The standard InChI is InChI=1S/C15H23N3S/c1-10(2)15(3,4)9-17-8-11-5-6-12-13(7-11)19-14(16)18-12/h5-7,10,17H,8-9H2,1-4H3,(H2,16,18). The van der Waals surface area contributed by atoms with Gasteiger partial charge in [-0.1, -0.05) is 45.1 Å². The van der Waals surface area contributed by atoms with E-state index in [4.69, 9.17) is 5.73 Å². The molecule has 0 aliphatic heterocycles. The molecule has 0 aliphatic rings. The highest BCUT2D eigenvalue weighted by Crippen LogP contribution is 2.26. The number of hydrogen-bond acceptors (Lipinski definition) is 4. The molecule has 4 heteroatoms. The van der Waals surface area contributed by atoms with Crippen molar-refractivity contribution in [2.75, 3.05) is 12.3 Å². The normalized spacial score (nSPS) is 12.5. The summed E-state index contributed by atoms with van der Waals surface area (Å²) >= 11 is 1.55. The number of anilines is 1. The van der Waals surface area contributed by atoms with E-state index in [0.29, 0.717) is 16.5 Å². The van der Waals surface area contributed by atoms with Gasteiger partial charge in [0.1, 0.15) is 0 Å². The van der Waals surface area contributed by atoms with Gasteiger partial charge in [0.05, 0.1) is 10.2 Å². The van der Waals surface area contributed by atoms with Crippen LogP contribution in [0.4, 0.5) is 5.13 Å². The number of nitrogens with zero attached hydrogens (tertiary/aromatic N) is 1. The molecule has 0 unspecified atom stereocenters. The number of nitrogens with two attached hydrogens (primary N) is 1. The van der Waals surface area contributed by atoms with Crippen LogP contribution in [-0.4, -0.2) is 11.5 Å². The third kappa shape index (κ3) is 3.45. The van der Waals surface area contributed by atoms with E-state index in [1.807, 2.05) is 6.07 Å². The van der Waals surface area contributed by atoms with Gasteiger partial charge in [-0.2, -0.15) is 0 Å². The third-order valence-electron chi connectivity index (χ3n) is 3.94. The Morgan fingerprint density at radius 1 is 1.37 bits per heavy atom. The first-order chi connectivity index (χ1) is 8.88. The number of fused-ring (bicyclic) bond motifs is 1. The van der Waals surface area contributed by atoms with Gasteiger partial charge in [0, 0.05) is 13.1 Å². The van der Waals surface area contributed by atoms with Gasteiger partial charge >= 0.3 is 0 Å². The van der Waals surface area contributed by atoms with Crippen molar-refractivity contribution < 1.29 is 0 Å². The van der Waals surface area contributed by atoms with Gasteiger partial charge in [-0.05, 0) is 29.0 Å². The summed E-state index contributed by atoms with van der Waals surface area (Å²) in [5.74, 6) is 0.670. The minimum Gasteiger partial charge on any atom is -0.375 e. The average Bonchev–Trinajstić information content (AvgIpc) is 2.68. The molecule has 0 saturated carbocycles. The number of benzene rings is 1. The largest absolute Gasteiger partial charge is 0.375 e. The Hall–Kier alpha value is -1.13. The summed E-state index contributed by atoms with van der Waals surface area (Å²) in [6.07, 6.45) is 0. The predicted octanol–water partition coefficient (Wildman–Crippen LogP) is 3.65.